The Labute approximate surface area is 196 Å². The topological polar surface area (TPSA) is 72.8 Å². The molecule has 1 aliphatic heterocycles. The van der Waals surface area contributed by atoms with Gasteiger partial charge in [-0.25, -0.2) is 9.78 Å². The number of esters is 1. The zero-order valence-corrected chi connectivity index (χ0v) is 19.2. The molecule has 1 aliphatic rings. The lowest BCUT2D eigenvalue weighted by Gasteiger charge is -2.29. The van der Waals surface area contributed by atoms with Crippen molar-refractivity contribution < 1.29 is 27.5 Å². The van der Waals surface area contributed by atoms with Crippen LogP contribution in [0.3, 0.4) is 0 Å². The Morgan fingerprint density at radius 3 is 2.31 bits per heavy atom. The molecule has 0 aliphatic carbocycles. The molecule has 172 valence electrons. The van der Waals surface area contributed by atoms with Crippen molar-refractivity contribution in [3.63, 3.8) is 0 Å². The molecule has 1 N–H and O–H groups in total. The second-order valence-electron chi connectivity index (χ2n) is 7.94. The third-order valence-corrected chi connectivity index (χ3v) is 4.97. The van der Waals surface area contributed by atoms with Gasteiger partial charge < -0.3 is 14.9 Å². The van der Waals surface area contributed by atoms with Crippen LogP contribution in [-0.4, -0.2) is 28.6 Å². The number of pyridine rings is 1. The van der Waals surface area contributed by atoms with Gasteiger partial charge in [-0.2, -0.15) is 13.2 Å². The minimum Gasteiger partial charge on any atom is -0.455 e. The number of halogens is 6. The Hall–Kier alpha value is -2.23. The molecule has 6 nitrogen and oxygen atoms in total. The van der Waals surface area contributed by atoms with E-state index in [1.54, 1.807) is 20.8 Å². The lowest BCUT2D eigenvalue weighted by molar-refractivity contribution is -0.275. The van der Waals surface area contributed by atoms with Crippen molar-refractivity contribution in [3.8, 4) is 0 Å². The predicted molar refractivity (Wildman–Crippen MR) is 115 cm³/mol. The maximum atomic E-state index is 14.1. The van der Waals surface area contributed by atoms with E-state index in [2.05, 4.69) is 15.5 Å². The van der Waals surface area contributed by atoms with Crippen molar-refractivity contribution in [2.45, 2.75) is 44.6 Å². The largest absolute Gasteiger partial charge is 0.455 e. The molecule has 12 heteroatoms. The van der Waals surface area contributed by atoms with Crippen molar-refractivity contribution in [2.24, 2.45) is 5.16 Å². The smallest absolute Gasteiger partial charge is 0.435 e. The summed E-state index contributed by atoms with van der Waals surface area (Å²) in [6, 6.07) is 6.27. The highest BCUT2D eigenvalue weighted by atomic mass is 35.5. The summed E-state index contributed by atoms with van der Waals surface area (Å²) < 4.78 is 47.4. The molecule has 32 heavy (non-hydrogen) atoms. The van der Waals surface area contributed by atoms with Crippen LogP contribution in [0, 0.1) is 0 Å². The van der Waals surface area contributed by atoms with Crippen LogP contribution in [0.15, 0.2) is 35.5 Å². The molecule has 0 saturated carbocycles. The molecular weight excluding hydrogens is 494 g/mol. The van der Waals surface area contributed by atoms with Crippen LogP contribution in [0.5, 0.6) is 0 Å². The van der Waals surface area contributed by atoms with Gasteiger partial charge in [0.25, 0.3) is 5.60 Å². The summed E-state index contributed by atoms with van der Waals surface area (Å²) in [6.45, 7) is 5.01. The first kappa shape index (κ1) is 24.4. The fourth-order valence-electron chi connectivity index (χ4n) is 2.89. The molecule has 0 bridgehead atoms. The Kier molecular flexibility index (Phi) is 6.57. The Bertz CT molecular complexity index is 1070. The highest BCUT2D eigenvalue weighted by molar-refractivity contribution is 6.34. The van der Waals surface area contributed by atoms with Gasteiger partial charge in [0.2, 0.25) is 0 Å². The van der Waals surface area contributed by atoms with Gasteiger partial charge in [-0.1, -0.05) is 40.0 Å². The first-order valence-corrected chi connectivity index (χ1v) is 10.3. The molecule has 1 aromatic carbocycles. The number of carbonyl (C=O) groups excluding carboxylic acids is 1. The van der Waals surface area contributed by atoms with E-state index >= 15 is 0 Å². The Morgan fingerprint density at radius 2 is 1.75 bits per heavy atom. The Balaban J connectivity index is 1.87. The molecule has 0 spiro atoms. The molecule has 1 unspecified atom stereocenters. The fourth-order valence-corrected chi connectivity index (χ4v) is 3.60. The van der Waals surface area contributed by atoms with E-state index in [0.29, 0.717) is 0 Å². The first-order valence-electron chi connectivity index (χ1n) is 9.15. The summed E-state index contributed by atoms with van der Waals surface area (Å²) in [6.07, 6.45) is -5.55. The van der Waals surface area contributed by atoms with Gasteiger partial charge in [-0.05, 0) is 51.1 Å². The number of nitrogens with one attached hydrogen (secondary N) is 1. The summed E-state index contributed by atoms with van der Waals surface area (Å²) in [4.78, 5) is 21.3. The van der Waals surface area contributed by atoms with Crippen LogP contribution >= 0.6 is 34.8 Å². The molecule has 0 amide bonds. The molecule has 1 aromatic heterocycles. The summed E-state index contributed by atoms with van der Waals surface area (Å²) in [5.41, 5.74) is -4.10. The number of hydrogen-bond donors (Lipinski definition) is 1. The number of carbonyl (C=O) groups is 1. The van der Waals surface area contributed by atoms with E-state index in [-0.39, 0.29) is 38.0 Å². The summed E-state index contributed by atoms with van der Waals surface area (Å²) in [7, 11) is 0. The molecule has 0 fully saturated rings. The summed E-state index contributed by atoms with van der Waals surface area (Å²) >= 11 is 17.8. The Morgan fingerprint density at radius 1 is 1.12 bits per heavy atom. The second-order valence-corrected chi connectivity index (χ2v) is 9.22. The van der Waals surface area contributed by atoms with Crippen LogP contribution < -0.4 is 5.32 Å². The number of benzene rings is 1. The van der Waals surface area contributed by atoms with Crippen LogP contribution in [0.4, 0.5) is 19.0 Å². The van der Waals surface area contributed by atoms with E-state index in [1.165, 1.54) is 18.2 Å². The van der Waals surface area contributed by atoms with Crippen molar-refractivity contribution >= 4 is 52.4 Å². The van der Waals surface area contributed by atoms with Gasteiger partial charge >= 0.3 is 12.1 Å². The number of nitrogens with zero attached hydrogens (tertiary/aromatic N) is 2. The predicted octanol–water partition coefficient (Wildman–Crippen LogP) is 6.60. The number of rotatable bonds is 3. The fraction of sp³-hybridized carbons (Fsp3) is 0.350. The standard InChI is InChI=1S/C20H17Cl3F3N3O3/c1-18(2,3)31-17(30)16-13(23)4-5-14(28-16)27-15-9-19(32-29-15,20(24,25)26)10-6-11(21)8-12(22)7-10/h4-8H,9H2,1-3H3,(H,27,28,29). The quantitative estimate of drug-likeness (QED) is 0.471. The minimum atomic E-state index is -4.84. The molecule has 0 saturated heterocycles. The molecule has 2 heterocycles. The number of anilines is 1. The van der Waals surface area contributed by atoms with E-state index < -0.39 is 29.8 Å². The van der Waals surface area contributed by atoms with Crippen molar-refractivity contribution in [2.75, 3.05) is 5.32 Å². The highest BCUT2D eigenvalue weighted by Crippen LogP contribution is 2.49. The summed E-state index contributed by atoms with van der Waals surface area (Å²) in [5.74, 6) is -0.933. The van der Waals surface area contributed by atoms with Crippen LogP contribution in [0.25, 0.3) is 0 Å². The molecule has 0 radical (unpaired) electrons. The SMILES string of the molecule is CC(C)(C)OC(=O)c1nc(NC2=NOC(c3cc(Cl)cc(Cl)c3)(C(F)(F)F)C2)ccc1Cl. The monoisotopic (exact) mass is 509 g/mol. The first-order chi connectivity index (χ1) is 14.7. The van der Waals surface area contributed by atoms with Gasteiger partial charge in [-0.3, -0.25) is 0 Å². The number of aromatic nitrogens is 1. The molecule has 3 rings (SSSR count). The number of hydrogen-bond acceptors (Lipinski definition) is 6. The molecule has 2 aromatic rings. The number of oxime groups is 1. The van der Waals surface area contributed by atoms with Crippen molar-refractivity contribution in [1.29, 1.82) is 0 Å². The molecule has 1 atom stereocenters. The number of ether oxygens (including phenoxy) is 1. The van der Waals surface area contributed by atoms with Gasteiger partial charge in [0.15, 0.2) is 11.5 Å². The lowest BCUT2D eigenvalue weighted by Crippen LogP contribution is -2.43. The van der Waals surface area contributed by atoms with Crippen molar-refractivity contribution in [3.05, 3.63) is 56.7 Å². The molecular formula is C20H17Cl3F3N3O3. The third kappa shape index (κ3) is 5.22. The summed E-state index contributed by atoms with van der Waals surface area (Å²) in [5, 5.41) is 6.24. The van der Waals surface area contributed by atoms with Crippen LogP contribution in [0.2, 0.25) is 15.1 Å². The average Bonchev–Trinajstić information content (AvgIpc) is 3.06. The maximum Gasteiger partial charge on any atom is 0.435 e. The highest BCUT2D eigenvalue weighted by Gasteiger charge is 2.62. The van der Waals surface area contributed by atoms with Gasteiger partial charge in [0.1, 0.15) is 11.4 Å². The van der Waals surface area contributed by atoms with Gasteiger partial charge in [0.05, 0.1) is 11.4 Å². The maximum absolute atomic E-state index is 14.1. The van der Waals surface area contributed by atoms with E-state index in [0.717, 1.165) is 12.1 Å². The van der Waals surface area contributed by atoms with Gasteiger partial charge in [-0.15, -0.1) is 0 Å². The zero-order valence-electron chi connectivity index (χ0n) is 17.0. The normalized spacial score (nSPS) is 18.7. The van der Waals surface area contributed by atoms with Crippen LogP contribution in [-0.2, 0) is 15.2 Å². The van der Waals surface area contributed by atoms with E-state index in [9.17, 15) is 18.0 Å². The third-order valence-electron chi connectivity index (χ3n) is 4.23. The second kappa shape index (κ2) is 8.61. The van der Waals surface area contributed by atoms with Crippen molar-refractivity contribution in [1.82, 2.24) is 4.98 Å². The average molecular weight is 511 g/mol. The van der Waals surface area contributed by atoms with Crippen LogP contribution in [0.1, 0.15) is 43.2 Å². The van der Waals surface area contributed by atoms with Gasteiger partial charge in [0, 0.05) is 15.6 Å². The zero-order chi connectivity index (χ0) is 23.9. The number of amidine groups is 1. The van der Waals surface area contributed by atoms with E-state index in [4.69, 9.17) is 44.4 Å². The minimum absolute atomic E-state index is 0.0162. The van der Waals surface area contributed by atoms with E-state index in [1.807, 2.05) is 0 Å². The number of alkyl halides is 3. The lowest BCUT2D eigenvalue weighted by atomic mass is 9.89.